The summed E-state index contributed by atoms with van der Waals surface area (Å²) in [6.45, 7) is 2.25. The Balaban J connectivity index is 0.00000176. The fraction of sp³-hybridized carbons (Fsp3) is 0.526. The van der Waals surface area contributed by atoms with Crippen LogP contribution >= 0.6 is 12.4 Å². The number of rotatable bonds is 5. The van der Waals surface area contributed by atoms with Crippen molar-refractivity contribution < 1.29 is 4.79 Å². The molecule has 1 aromatic rings. The molecule has 120 valence electrons. The van der Waals surface area contributed by atoms with E-state index in [9.17, 15) is 4.79 Å². The zero-order valence-corrected chi connectivity index (χ0v) is 14.1. The fourth-order valence-corrected chi connectivity index (χ4v) is 3.43. The second-order valence-corrected chi connectivity index (χ2v) is 6.41. The number of Topliss-reactive ketones (excluding diaryl/α,β-unsaturated/α-hetero) is 1. The molecular weight excluding hydrogens is 294 g/mol. The van der Waals surface area contributed by atoms with Gasteiger partial charge in [-0.1, -0.05) is 48.9 Å². The highest BCUT2D eigenvalue weighted by Gasteiger charge is 2.40. The van der Waals surface area contributed by atoms with Crippen LogP contribution in [-0.4, -0.2) is 17.9 Å². The van der Waals surface area contributed by atoms with E-state index >= 15 is 0 Å². The van der Waals surface area contributed by atoms with Gasteiger partial charge in [-0.3, -0.25) is 4.79 Å². The van der Waals surface area contributed by atoms with Gasteiger partial charge in [-0.05, 0) is 37.2 Å². The van der Waals surface area contributed by atoms with Gasteiger partial charge in [0.1, 0.15) is 5.78 Å². The monoisotopic (exact) mass is 319 g/mol. The molecule has 2 atom stereocenters. The van der Waals surface area contributed by atoms with E-state index in [-0.39, 0.29) is 12.4 Å². The molecule has 2 fully saturated rings. The minimum atomic E-state index is 0. The van der Waals surface area contributed by atoms with Crippen LogP contribution < -0.4 is 5.32 Å². The summed E-state index contributed by atoms with van der Waals surface area (Å²) in [5.74, 6) is 1.14. The molecule has 0 heterocycles. The Labute approximate surface area is 139 Å². The maximum absolute atomic E-state index is 11.3. The van der Waals surface area contributed by atoms with Gasteiger partial charge in [0.2, 0.25) is 0 Å². The van der Waals surface area contributed by atoms with E-state index in [1.54, 1.807) is 5.57 Å². The molecule has 1 aromatic carbocycles. The van der Waals surface area contributed by atoms with Gasteiger partial charge >= 0.3 is 0 Å². The van der Waals surface area contributed by atoms with Gasteiger partial charge < -0.3 is 5.32 Å². The van der Waals surface area contributed by atoms with Crippen LogP contribution in [-0.2, 0) is 4.79 Å². The van der Waals surface area contributed by atoms with Crippen LogP contribution in [0.5, 0.6) is 0 Å². The molecular formula is C19H26ClNO. The third-order valence-electron chi connectivity index (χ3n) is 4.82. The van der Waals surface area contributed by atoms with Crippen LogP contribution in [0.2, 0.25) is 0 Å². The van der Waals surface area contributed by atoms with E-state index in [0.717, 1.165) is 32.1 Å². The number of nitrogens with one attached hydrogen (secondary N) is 1. The van der Waals surface area contributed by atoms with Gasteiger partial charge in [0.25, 0.3) is 0 Å². The molecule has 0 aromatic heterocycles. The van der Waals surface area contributed by atoms with E-state index in [0.29, 0.717) is 23.8 Å². The van der Waals surface area contributed by atoms with E-state index in [2.05, 4.69) is 48.6 Å². The lowest BCUT2D eigenvalue weighted by atomic mass is 9.94. The first-order chi connectivity index (χ1) is 10.3. The van der Waals surface area contributed by atoms with Crippen molar-refractivity contribution in [3.8, 4) is 0 Å². The Morgan fingerprint density at radius 1 is 1.23 bits per heavy atom. The van der Waals surface area contributed by atoms with E-state index < -0.39 is 0 Å². The van der Waals surface area contributed by atoms with Crippen LogP contribution in [0, 0.1) is 5.92 Å². The van der Waals surface area contributed by atoms with Crippen molar-refractivity contribution >= 4 is 24.3 Å². The lowest BCUT2D eigenvalue weighted by Crippen LogP contribution is -2.35. The van der Waals surface area contributed by atoms with Gasteiger partial charge in [0.05, 0.1) is 0 Å². The normalized spacial score (nSPS) is 25.7. The molecule has 3 rings (SSSR count). The molecule has 22 heavy (non-hydrogen) atoms. The number of halogens is 1. The standard InChI is InChI=1S/C19H25NO.ClH/c1-2-15(12-14-6-4-3-5-7-14)18-13-19(18)20-16-8-10-17(21)11-9-16;/h3-7,12,16,18-20H,2,8-11,13H2,1H3;1H/b15-12+;/t18-,19+;/m0./s1. The number of benzene rings is 1. The summed E-state index contributed by atoms with van der Waals surface area (Å²) in [5.41, 5.74) is 2.87. The molecule has 0 radical (unpaired) electrons. The van der Waals surface area contributed by atoms with Crippen LogP contribution in [0.4, 0.5) is 0 Å². The molecule has 1 N–H and O–H groups in total. The van der Waals surface area contributed by atoms with Crippen molar-refractivity contribution in [3.05, 3.63) is 41.5 Å². The highest BCUT2D eigenvalue weighted by Crippen LogP contribution is 2.40. The lowest BCUT2D eigenvalue weighted by molar-refractivity contribution is -0.120. The van der Waals surface area contributed by atoms with Crippen molar-refractivity contribution in [2.24, 2.45) is 5.92 Å². The molecule has 0 spiro atoms. The quantitative estimate of drug-likeness (QED) is 0.872. The molecule has 0 unspecified atom stereocenters. The average Bonchev–Trinajstić information content (AvgIpc) is 3.27. The third-order valence-corrected chi connectivity index (χ3v) is 4.82. The van der Waals surface area contributed by atoms with Crippen molar-refractivity contribution in [2.75, 3.05) is 0 Å². The Morgan fingerprint density at radius 3 is 2.55 bits per heavy atom. The molecule has 0 saturated heterocycles. The minimum Gasteiger partial charge on any atom is -0.311 e. The van der Waals surface area contributed by atoms with Crippen LogP contribution in [0.3, 0.4) is 0 Å². The summed E-state index contributed by atoms with van der Waals surface area (Å²) in [6.07, 6.45) is 8.36. The Bertz CT molecular complexity index is 515. The van der Waals surface area contributed by atoms with Crippen LogP contribution in [0.25, 0.3) is 6.08 Å². The Hall–Kier alpha value is -1.12. The number of hydrogen-bond donors (Lipinski definition) is 1. The average molecular weight is 320 g/mol. The third kappa shape index (κ3) is 4.44. The summed E-state index contributed by atoms with van der Waals surface area (Å²) in [4.78, 5) is 11.3. The van der Waals surface area contributed by atoms with Gasteiger partial charge in [0.15, 0.2) is 0 Å². The van der Waals surface area contributed by atoms with Gasteiger partial charge in [-0.15, -0.1) is 12.4 Å². The second kappa shape index (κ2) is 7.94. The first-order valence-electron chi connectivity index (χ1n) is 8.29. The summed E-state index contributed by atoms with van der Waals surface area (Å²) in [6, 6.07) is 11.8. The molecule has 0 aliphatic heterocycles. The van der Waals surface area contributed by atoms with Gasteiger partial charge in [-0.25, -0.2) is 0 Å². The lowest BCUT2D eigenvalue weighted by Gasteiger charge is -2.22. The summed E-state index contributed by atoms with van der Waals surface area (Å²) >= 11 is 0. The number of hydrogen-bond acceptors (Lipinski definition) is 2. The largest absolute Gasteiger partial charge is 0.311 e. The Kier molecular flexibility index (Phi) is 6.22. The zero-order chi connectivity index (χ0) is 14.7. The molecule has 2 saturated carbocycles. The summed E-state index contributed by atoms with van der Waals surface area (Å²) < 4.78 is 0. The van der Waals surface area contributed by atoms with Crippen molar-refractivity contribution in [2.45, 2.75) is 57.5 Å². The zero-order valence-electron chi connectivity index (χ0n) is 13.3. The summed E-state index contributed by atoms with van der Waals surface area (Å²) in [7, 11) is 0. The highest BCUT2D eigenvalue weighted by atomic mass is 35.5. The number of carbonyl (C=O) groups excluding carboxylic acids is 1. The van der Waals surface area contributed by atoms with Gasteiger partial charge in [0, 0.05) is 24.9 Å². The maximum atomic E-state index is 11.3. The molecule has 2 aliphatic rings. The van der Waals surface area contributed by atoms with Crippen LogP contribution in [0.15, 0.2) is 35.9 Å². The molecule has 2 aliphatic carbocycles. The minimum absolute atomic E-state index is 0. The first kappa shape index (κ1) is 17.2. The van der Waals surface area contributed by atoms with Gasteiger partial charge in [-0.2, -0.15) is 0 Å². The first-order valence-corrected chi connectivity index (χ1v) is 8.29. The van der Waals surface area contributed by atoms with Crippen molar-refractivity contribution in [1.29, 1.82) is 0 Å². The smallest absolute Gasteiger partial charge is 0.133 e. The molecule has 0 bridgehead atoms. The predicted octanol–water partition coefficient (Wildman–Crippen LogP) is 4.39. The molecule has 0 amide bonds. The SMILES string of the molecule is CC/C(=C\c1ccccc1)[C@@H]1C[C@H]1NC1CCC(=O)CC1.Cl. The summed E-state index contributed by atoms with van der Waals surface area (Å²) in [5, 5.41) is 3.77. The number of carbonyl (C=O) groups is 1. The van der Waals surface area contributed by atoms with Crippen molar-refractivity contribution in [1.82, 2.24) is 5.32 Å². The fourth-order valence-electron chi connectivity index (χ4n) is 3.43. The highest BCUT2D eigenvalue weighted by molar-refractivity contribution is 5.85. The second-order valence-electron chi connectivity index (χ2n) is 6.41. The van der Waals surface area contributed by atoms with E-state index in [1.807, 2.05) is 0 Å². The molecule has 2 nitrogen and oxygen atoms in total. The van der Waals surface area contributed by atoms with E-state index in [4.69, 9.17) is 0 Å². The maximum Gasteiger partial charge on any atom is 0.133 e. The predicted molar refractivity (Wildman–Crippen MR) is 94.3 cm³/mol. The molecule has 3 heteroatoms. The van der Waals surface area contributed by atoms with Crippen LogP contribution in [0.1, 0.15) is 51.0 Å². The topological polar surface area (TPSA) is 29.1 Å². The van der Waals surface area contributed by atoms with E-state index in [1.165, 1.54) is 12.0 Å². The number of ketones is 1. The van der Waals surface area contributed by atoms with Crippen molar-refractivity contribution in [3.63, 3.8) is 0 Å². The Morgan fingerprint density at radius 2 is 1.91 bits per heavy atom.